The van der Waals surface area contributed by atoms with Crippen LogP contribution in [0.15, 0.2) is 23.4 Å². The van der Waals surface area contributed by atoms with Crippen LogP contribution in [0.3, 0.4) is 0 Å². The molecule has 0 aliphatic rings. The number of amides is 1. The standard InChI is InChI=1S/C11H13IN2O3/c1-7(14-17-3)9-5-4-8(12)6-10(9)13-11(15)16-2/h4-6H,1-3H3,(H,13,15)/b14-7+. The molecule has 5 nitrogen and oxygen atoms in total. The average molecular weight is 348 g/mol. The van der Waals surface area contributed by atoms with Crippen molar-refractivity contribution < 1.29 is 14.4 Å². The predicted molar refractivity (Wildman–Crippen MR) is 74.4 cm³/mol. The van der Waals surface area contributed by atoms with Gasteiger partial charge in [0, 0.05) is 9.13 Å². The summed E-state index contributed by atoms with van der Waals surface area (Å²) >= 11 is 2.16. The van der Waals surface area contributed by atoms with Crippen LogP contribution in [0, 0.1) is 3.57 Å². The molecule has 6 heteroatoms. The highest BCUT2D eigenvalue weighted by Crippen LogP contribution is 2.20. The molecule has 1 N–H and O–H groups in total. The van der Waals surface area contributed by atoms with E-state index in [0.717, 1.165) is 9.13 Å². The fourth-order valence-corrected chi connectivity index (χ4v) is 1.77. The van der Waals surface area contributed by atoms with Crippen LogP contribution in [-0.4, -0.2) is 26.0 Å². The number of carbonyl (C=O) groups excluding carboxylic acids is 1. The smallest absolute Gasteiger partial charge is 0.411 e. The van der Waals surface area contributed by atoms with Crippen molar-refractivity contribution >= 4 is 40.1 Å². The number of hydrogen-bond acceptors (Lipinski definition) is 4. The topological polar surface area (TPSA) is 59.9 Å². The lowest BCUT2D eigenvalue weighted by Gasteiger charge is -2.10. The Morgan fingerprint density at radius 3 is 2.71 bits per heavy atom. The third-order valence-electron chi connectivity index (χ3n) is 2.02. The largest absolute Gasteiger partial charge is 0.453 e. The predicted octanol–water partition coefficient (Wildman–Crippen LogP) is 2.84. The third kappa shape index (κ3) is 3.88. The van der Waals surface area contributed by atoms with Crippen molar-refractivity contribution in [2.45, 2.75) is 6.92 Å². The highest BCUT2D eigenvalue weighted by Gasteiger charge is 2.10. The maximum Gasteiger partial charge on any atom is 0.411 e. The van der Waals surface area contributed by atoms with Gasteiger partial charge in [0.25, 0.3) is 0 Å². The van der Waals surface area contributed by atoms with Crippen LogP contribution in [0.25, 0.3) is 0 Å². The summed E-state index contributed by atoms with van der Waals surface area (Å²) in [4.78, 5) is 15.9. The number of anilines is 1. The molecule has 0 saturated heterocycles. The molecule has 0 spiro atoms. The molecule has 1 amide bonds. The number of oxime groups is 1. The molecular formula is C11H13IN2O3. The quantitative estimate of drug-likeness (QED) is 0.519. The molecule has 0 saturated carbocycles. The SMILES string of the molecule is CO/N=C(\C)c1ccc(I)cc1NC(=O)OC. The lowest BCUT2D eigenvalue weighted by atomic mass is 10.1. The van der Waals surface area contributed by atoms with Gasteiger partial charge in [0.2, 0.25) is 0 Å². The van der Waals surface area contributed by atoms with E-state index >= 15 is 0 Å². The van der Waals surface area contributed by atoms with Crippen LogP contribution in [0.1, 0.15) is 12.5 Å². The molecule has 17 heavy (non-hydrogen) atoms. The van der Waals surface area contributed by atoms with Gasteiger partial charge in [0.1, 0.15) is 7.11 Å². The molecule has 0 aliphatic heterocycles. The van der Waals surface area contributed by atoms with E-state index in [0.29, 0.717) is 11.4 Å². The zero-order chi connectivity index (χ0) is 12.8. The molecule has 0 aromatic heterocycles. The minimum absolute atomic E-state index is 0.515. The molecule has 1 rings (SSSR count). The van der Waals surface area contributed by atoms with E-state index in [4.69, 9.17) is 4.84 Å². The zero-order valence-electron chi connectivity index (χ0n) is 9.78. The average Bonchev–Trinajstić information content (AvgIpc) is 2.29. The van der Waals surface area contributed by atoms with Crippen LogP contribution in [0.5, 0.6) is 0 Å². The Morgan fingerprint density at radius 2 is 2.12 bits per heavy atom. The van der Waals surface area contributed by atoms with Gasteiger partial charge in [-0.2, -0.15) is 0 Å². The van der Waals surface area contributed by atoms with E-state index in [-0.39, 0.29) is 0 Å². The minimum atomic E-state index is -0.515. The second kappa shape index (κ2) is 6.43. The van der Waals surface area contributed by atoms with Gasteiger partial charge in [-0.1, -0.05) is 5.16 Å². The summed E-state index contributed by atoms with van der Waals surface area (Å²) in [7, 11) is 2.79. The molecule has 92 valence electrons. The second-order valence-electron chi connectivity index (χ2n) is 3.17. The molecule has 0 radical (unpaired) electrons. The van der Waals surface area contributed by atoms with Crippen molar-refractivity contribution in [3.63, 3.8) is 0 Å². The Hall–Kier alpha value is -1.31. The van der Waals surface area contributed by atoms with Crippen molar-refractivity contribution in [3.05, 3.63) is 27.3 Å². The van der Waals surface area contributed by atoms with Crippen molar-refractivity contribution in [2.75, 3.05) is 19.5 Å². The molecule has 0 atom stereocenters. The van der Waals surface area contributed by atoms with Gasteiger partial charge in [-0.3, -0.25) is 5.32 Å². The van der Waals surface area contributed by atoms with Gasteiger partial charge in [0.15, 0.2) is 0 Å². The van der Waals surface area contributed by atoms with Gasteiger partial charge in [-0.15, -0.1) is 0 Å². The van der Waals surface area contributed by atoms with Gasteiger partial charge in [-0.25, -0.2) is 4.79 Å². The van der Waals surface area contributed by atoms with Crippen LogP contribution in [-0.2, 0) is 9.57 Å². The van der Waals surface area contributed by atoms with Gasteiger partial charge < -0.3 is 9.57 Å². The summed E-state index contributed by atoms with van der Waals surface area (Å²) in [6.07, 6.45) is -0.515. The Morgan fingerprint density at radius 1 is 1.41 bits per heavy atom. The number of nitrogens with zero attached hydrogens (tertiary/aromatic N) is 1. The summed E-state index contributed by atoms with van der Waals surface area (Å²) in [6, 6.07) is 5.62. The van der Waals surface area contributed by atoms with Crippen molar-refractivity contribution in [1.82, 2.24) is 0 Å². The van der Waals surface area contributed by atoms with E-state index in [1.54, 1.807) is 6.92 Å². The van der Waals surface area contributed by atoms with Crippen LogP contribution < -0.4 is 5.32 Å². The fourth-order valence-electron chi connectivity index (χ4n) is 1.28. The molecule has 0 unspecified atom stereocenters. The Bertz CT molecular complexity index is 446. The van der Waals surface area contributed by atoms with Crippen molar-refractivity contribution in [2.24, 2.45) is 5.16 Å². The summed E-state index contributed by atoms with van der Waals surface area (Å²) in [5.41, 5.74) is 2.11. The maximum absolute atomic E-state index is 11.2. The van der Waals surface area contributed by atoms with E-state index < -0.39 is 6.09 Å². The normalized spacial score (nSPS) is 10.9. The molecular weight excluding hydrogens is 335 g/mol. The highest BCUT2D eigenvalue weighted by atomic mass is 127. The van der Waals surface area contributed by atoms with Gasteiger partial charge >= 0.3 is 6.09 Å². The lowest BCUT2D eigenvalue weighted by molar-refractivity contribution is 0.187. The van der Waals surface area contributed by atoms with E-state index in [1.807, 2.05) is 18.2 Å². The van der Waals surface area contributed by atoms with Gasteiger partial charge in [-0.05, 0) is 47.7 Å². The van der Waals surface area contributed by atoms with E-state index in [9.17, 15) is 4.79 Å². The van der Waals surface area contributed by atoms with Crippen LogP contribution in [0.2, 0.25) is 0 Å². The molecule has 0 aliphatic carbocycles. The zero-order valence-corrected chi connectivity index (χ0v) is 11.9. The number of methoxy groups -OCH3 is 1. The van der Waals surface area contributed by atoms with Crippen molar-refractivity contribution in [3.8, 4) is 0 Å². The number of ether oxygens (including phenoxy) is 1. The molecule has 1 aromatic rings. The molecule has 1 aromatic carbocycles. The van der Waals surface area contributed by atoms with Crippen molar-refractivity contribution in [1.29, 1.82) is 0 Å². The molecule has 0 heterocycles. The first-order chi connectivity index (χ1) is 8.08. The minimum Gasteiger partial charge on any atom is -0.453 e. The summed E-state index contributed by atoms with van der Waals surface area (Å²) in [5, 5.41) is 6.48. The molecule has 0 fully saturated rings. The third-order valence-corrected chi connectivity index (χ3v) is 2.69. The number of hydrogen-bond donors (Lipinski definition) is 1. The van der Waals surface area contributed by atoms with Gasteiger partial charge in [0.05, 0.1) is 18.5 Å². The Kier molecular flexibility index (Phi) is 5.20. The fraction of sp³-hybridized carbons (Fsp3) is 0.273. The number of benzene rings is 1. The number of carbonyl (C=O) groups is 1. The summed E-state index contributed by atoms with van der Waals surface area (Å²) in [5.74, 6) is 0. The Labute approximate surface area is 113 Å². The van der Waals surface area contributed by atoms with E-state index in [1.165, 1.54) is 14.2 Å². The highest BCUT2D eigenvalue weighted by molar-refractivity contribution is 14.1. The number of nitrogens with one attached hydrogen (secondary N) is 1. The second-order valence-corrected chi connectivity index (χ2v) is 4.41. The molecule has 0 bridgehead atoms. The first-order valence-electron chi connectivity index (χ1n) is 4.81. The van der Waals surface area contributed by atoms with E-state index in [2.05, 4.69) is 37.8 Å². The first-order valence-corrected chi connectivity index (χ1v) is 5.89. The monoisotopic (exact) mass is 348 g/mol. The summed E-state index contributed by atoms with van der Waals surface area (Å²) in [6.45, 7) is 1.80. The summed E-state index contributed by atoms with van der Waals surface area (Å²) < 4.78 is 5.57. The maximum atomic E-state index is 11.2. The number of rotatable bonds is 3. The lowest BCUT2D eigenvalue weighted by Crippen LogP contribution is -2.14. The Balaban J connectivity index is 3.12. The van der Waals surface area contributed by atoms with Crippen LogP contribution >= 0.6 is 22.6 Å². The number of halogens is 1. The first kappa shape index (κ1) is 13.8. The van der Waals surface area contributed by atoms with Crippen LogP contribution in [0.4, 0.5) is 10.5 Å².